The number of hydroxylamine groups is 1. The van der Waals surface area contributed by atoms with Crippen LogP contribution in [0.25, 0.3) is 0 Å². The third-order valence-electron chi connectivity index (χ3n) is 2.85. The summed E-state index contributed by atoms with van der Waals surface area (Å²) in [4.78, 5) is 0.124. The van der Waals surface area contributed by atoms with Gasteiger partial charge in [-0.2, -0.15) is 18.2 Å². The summed E-state index contributed by atoms with van der Waals surface area (Å²) in [7, 11) is -2.16. The Morgan fingerprint density at radius 3 is 2.52 bits per heavy atom. The Morgan fingerprint density at radius 1 is 1.05 bits per heavy atom. The molecule has 2 aromatic carbocycles. The average molecular weight is 307 g/mol. The molecule has 0 saturated carbocycles. The summed E-state index contributed by atoms with van der Waals surface area (Å²) in [5.74, 6) is 0.769. The highest BCUT2D eigenvalue weighted by Crippen LogP contribution is 2.13. The first-order valence-corrected chi connectivity index (χ1v) is 7.87. The molecule has 0 saturated heterocycles. The Bertz CT molecular complexity index is 671. The maximum atomic E-state index is 11.8. The highest BCUT2D eigenvalue weighted by molar-refractivity contribution is 7.86. The fourth-order valence-electron chi connectivity index (χ4n) is 1.78. The van der Waals surface area contributed by atoms with E-state index < -0.39 is 10.1 Å². The van der Waals surface area contributed by atoms with E-state index in [4.69, 9.17) is 9.02 Å². The van der Waals surface area contributed by atoms with Gasteiger partial charge in [0, 0.05) is 6.54 Å². The third kappa shape index (κ3) is 4.56. The van der Waals surface area contributed by atoms with Crippen LogP contribution in [-0.4, -0.2) is 22.1 Å². The summed E-state index contributed by atoms with van der Waals surface area (Å²) in [6, 6.07) is 15.6. The largest absolute Gasteiger partial charge is 0.497 e. The Kier molecular flexibility index (Phi) is 5.32. The minimum atomic E-state index is -3.76. The van der Waals surface area contributed by atoms with Gasteiger partial charge in [-0.1, -0.05) is 30.3 Å². The first kappa shape index (κ1) is 15.5. The van der Waals surface area contributed by atoms with Crippen molar-refractivity contribution in [2.75, 3.05) is 13.7 Å². The van der Waals surface area contributed by atoms with Crippen molar-refractivity contribution in [1.82, 2.24) is 5.48 Å². The van der Waals surface area contributed by atoms with Gasteiger partial charge < -0.3 is 4.74 Å². The van der Waals surface area contributed by atoms with Gasteiger partial charge in [0.05, 0.1) is 12.0 Å². The lowest BCUT2D eigenvalue weighted by atomic mass is 10.1. The Morgan fingerprint density at radius 2 is 1.81 bits per heavy atom. The fraction of sp³-hybridized carbons (Fsp3) is 0.200. The summed E-state index contributed by atoms with van der Waals surface area (Å²) >= 11 is 0. The van der Waals surface area contributed by atoms with Crippen molar-refractivity contribution in [3.63, 3.8) is 0 Å². The molecule has 0 unspecified atom stereocenters. The monoisotopic (exact) mass is 307 g/mol. The Labute approximate surface area is 124 Å². The zero-order valence-electron chi connectivity index (χ0n) is 11.7. The van der Waals surface area contributed by atoms with E-state index in [1.807, 2.05) is 24.3 Å². The first-order chi connectivity index (χ1) is 10.1. The number of ether oxygens (including phenoxy) is 1. The van der Waals surface area contributed by atoms with Crippen LogP contribution in [0.4, 0.5) is 0 Å². The van der Waals surface area contributed by atoms with Crippen molar-refractivity contribution in [2.45, 2.75) is 11.3 Å². The normalized spacial score (nSPS) is 11.3. The molecule has 0 aromatic heterocycles. The van der Waals surface area contributed by atoms with Gasteiger partial charge in [-0.05, 0) is 36.2 Å². The van der Waals surface area contributed by atoms with Crippen molar-refractivity contribution in [3.05, 3.63) is 60.2 Å². The van der Waals surface area contributed by atoms with E-state index in [2.05, 4.69) is 5.48 Å². The molecule has 0 amide bonds. The van der Waals surface area contributed by atoms with Crippen LogP contribution in [0.3, 0.4) is 0 Å². The molecule has 0 aliphatic carbocycles. The fourth-order valence-corrected chi connectivity index (χ4v) is 2.60. The second kappa shape index (κ2) is 7.21. The molecule has 1 N–H and O–H groups in total. The molecule has 0 aliphatic rings. The minimum absolute atomic E-state index is 0.124. The van der Waals surface area contributed by atoms with Gasteiger partial charge in [0.25, 0.3) is 0 Å². The molecule has 5 nitrogen and oxygen atoms in total. The number of methoxy groups -OCH3 is 1. The number of benzene rings is 2. The lowest BCUT2D eigenvalue weighted by molar-refractivity contribution is 0.205. The topological polar surface area (TPSA) is 64.6 Å². The van der Waals surface area contributed by atoms with Gasteiger partial charge in [-0.25, -0.2) is 0 Å². The van der Waals surface area contributed by atoms with E-state index in [1.165, 1.54) is 12.1 Å². The average Bonchev–Trinajstić information content (AvgIpc) is 2.53. The highest BCUT2D eigenvalue weighted by Gasteiger charge is 2.14. The molecule has 0 heterocycles. The maximum absolute atomic E-state index is 11.8. The van der Waals surface area contributed by atoms with Gasteiger partial charge >= 0.3 is 10.1 Å². The van der Waals surface area contributed by atoms with Crippen LogP contribution in [0.5, 0.6) is 5.75 Å². The lowest BCUT2D eigenvalue weighted by Crippen LogP contribution is -2.22. The summed E-state index contributed by atoms with van der Waals surface area (Å²) < 4.78 is 33.6. The smallest absolute Gasteiger partial charge is 0.312 e. The number of nitrogens with one attached hydrogen (secondary N) is 1. The molecule has 21 heavy (non-hydrogen) atoms. The standard InChI is InChI=1S/C15H17NO4S/c1-19-14-7-5-6-13(12-14)10-11-16-20-21(17,18)15-8-3-2-4-9-15/h2-9,12,16H,10-11H2,1H3. The summed E-state index contributed by atoms with van der Waals surface area (Å²) in [5, 5.41) is 0. The second-order valence-electron chi connectivity index (χ2n) is 4.35. The van der Waals surface area contributed by atoms with Crippen LogP contribution >= 0.6 is 0 Å². The molecular weight excluding hydrogens is 290 g/mol. The van der Waals surface area contributed by atoms with E-state index in [-0.39, 0.29) is 4.90 Å². The van der Waals surface area contributed by atoms with Crippen molar-refractivity contribution >= 4 is 10.1 Å². The van der Waals surface area contributed by atoms with Crippen molar-refractivity contribution in [1.29, 1.82) is 0 Å². The zero-order valence-corrected chi connectivity index (χ0v) is 12.5. The van der Waals surface area contributed by atoms with E-state index in [9.17, 15) is 8.42 Å². The maximum Gasteiger partial charge on any atom is 0.312 e. The van der Waals surface area contributed by atoms with Gasteiger partial charge in [0.1, 0.15) is 5.75 Å². The molecular formula is C15H17NO4S. The van der Waals surface area contributed by atoms with Gasteiger partial charge in [0.2, 0.25) is 0 Å². The van der Waals surface area contributed by atoms with Crippen molar-refractivity contribution in [2.24, 2.45) is 0 Å². The molecule has 0 bridgehead atoms. The van der Waals surface area contributed by atoms with Gasteiger partial charge in [0.15, 0.2) is 0 Å². The van der Waals surface area contributed by atoms with Crippen LogP contribution < -0.4 is 10.2 Å². The predicted molar refractivity (Wildman–Crippen MR) is 79.4 cm³/mol. The number of hydrogen-bond donors (Lipinski definition) is 1. The van der Waals surface area contributed by atoms with E-state index >= 15 is 0 Å². The Balaban J connectivity index is 1.84. The Hall–Kier alpha value is -1.89. The third-order valence-corrected chi connectivity index (χ3v) is 4.04. The highest BCUT2D eigenvalue weighted by atomic mass is 32.2. The summed E-state index contributed by atoms with van der Waals surface area (Å²) in [6.07, 6.45) is 0.626. The molecule has 0 spiro atoms. The quantitative estimate of drug-likeness (QED) is 0.627. The molecule has 6 heteroatoms. The van der Waals surface area contributed by atoms with Crippen LogP contribution in [-0.2, 0) is 20.8 Å². The molecule has 112 valence electrons. The molecule has 2 aromatic rings. The van der Waals surface area contributed by atoms with E-state index in [0.717, 1.165) is 11.3 Å². The number of rotatable bonds is 7. The van der Waals surface area contributed by atoms with Crippen LogP contribution in [0.2, 0.25) is 0 Å². The predicted octanol–water partition coefficient (Wildman–Crippen LogP) is 2.15. The molecule has 0 atom stereocenters. The van der Waals surface area contributed by atoms with E-state index in [0.29, 0.717) is 13.0 Å². The molecule has 0 radical (unpaired) electrons. The van der Waals surface area contributed by atoms with Crippen LogP contribution in [0, 0.1) is 0 Å². The first-order valence-electron chi connectivity index (χ1n) is 6.46. The summed E-state index contributed by atoms with van der Waals surface area (Å²) in [6.45, 7) is 0.374. The van der Waals surface area contributed by atoms with Crippen LogP contribution in [0.1, 0.15) is 5.56 Å². The molecule has 0 aliphatic heterocycles. The molecule has 0 fully saturated rings. The van der Waals surface area contributed by atoms with Crippen molar-refractivity contribution in [3.8, 4) is 5.75 Å². The lowest BCUT2D eigenvalue weighted by Gasteiger charge is -2.07. The van der Waals surface area contributed by atoms with Crippen molar-refractivity contribution < 1.29 is 17.4 Å². The van der Waals surface area contributed by atoms with Crippen LogP contribution in [0.15, 0.2) is 59.5 Å². The van der Waals surface area contributed by atoms with Gasteiger partial charge in [-0.3, -0.25) is 0 Å². The number of hydrogen-bond acceptors (Lipinski definition) is 5. The van der Waals surface area contributed by atoms with Gasteiger partial charge in [-0.15, -0.1) is 0 Å². The SMILES string of the molecule is COc1cccc(CCNOS(=O)(=O)c2ccccc2)c1. The summed E-state index contributed by atoms with van der Waals surface area (Å²) in [5.41, 5.74) is 3.51. The molecule has 2 rings (SSSR count). The van der Waals surface area contributed by atoms with E-state index in [1.54, 1.807) is 25.3 Å². The minimum Gasteiger partial charge on any atom is -0.497 e. The zero-order chi connectivity index (χ0) is 15.1. The second-order valence-corrected chi connectivity index (χ2v) is 5.89.